The summed E-state index contributed by atoms with van der Waals surface area (Å²) in [6.07, 6.45) is 1.32. The van der Waals surface area contributed by atoms with Crippen LogP contribution in [0.15, 0.2) is 0 Å². The molecule has 1 saturated heterocycles. The van der Waals surface area contributed by atoms with Crippen LogP contribution in [0, 0.1) is 11.3 Å². The molecule has 1 aliphatic rings. The van der Waals surface area contributed by atoms with Crippen LogP contribution in [0.25, 0.3) is 0 Å². The normalized spacial score (nSPS) is 25.5. The van der Waals surface area contributed by atoms with Gasteiger partial charge < -0.3 is 0 Å². The fraction of sp³-hybridized carbons (Fsp3) is 1.00. The van der Waals surface area contributed by atoms with E-state index in [-0.39, 0.29) is 0 Å². The van der Waals surface area contributed by atoms with Crippen molar-refractivity contribution in [2.75, 3.05) is 13.1 Å². The van der Waals surface area contributed by atoms with Gasteiger partial charge in [0.2, 0.25) is 0 Å². The summed E-state index contributed by atoms with van der Waals surface area (Å²) in [6.45, 7) is 14.3. The molecule has 1 nitrogen and oxygen atoms in total. The van der Waals surface area contributed by atoms with Crippen molar-refractivity contribution in [3.63, 3.8) is 0 Å². The molecule has 0 saturated carbocycles. The molecule has 0 N–H and O–H groups in total. The maximum atomic E-state index is 2.56. The predicted molar refractivity (Wildman–Crippen MR) is 54.3 cm³/mol. The van der Waals surface area contributed by atoms with Crippen molar-refractivity contribution in [3.8, 4) is 0 Å². The molecule has 0 spiro atoms. The third kappa shape index (κ3) is 1.66. The molecule has 1 unspecified atom stereocenters. The minimum Gasteiger partial charge on any atom is -0.300 e. The van der Waals surface area contributed by atoms with Crippen molar-refractivity contribution in [1.29, 1.82) is 0 Å². The molecule has 0 bridgehead atoms. The molecule has 1 heteroatoms. The zero-order valence-electron chi connectivity index (χ0n) is 9.22. The molecule has 0 aliphatic carbocycles. The van der Waals surface area contributed by atoms with Crippen molar-refractivity contribution in [2.24, 2.45) is 11.3 Å². The molecule has 0 amide bonds. The van der Waals surface area contributed by atoms with E-state index in [4.69, 9.17) is 0 Å². The van der Waals surface area contributed by atoms with Crippen LogP contribution < -0.4 is 0 Å². The molecule has 0 aromatic heterocycles. The number of hydrogen-bond acceptors (Lipinski definition) is 1. The third-order valence-corrected chi connectivity index (χ3v) is 3.66. The van der Waals surface area contributed by atoms with E-state index in [0.717, 1.165) is 12.0 Å². The molecule has 1 fully saturated rings. The summed E-state index contributed by atoms with van der Waals surface area (Å²) in [6, 6.07) is 0.738. The van der Waals surface area contributed by atoms with Gasteiger partial charge in [-0.05, 0) is 25.2 Å². The summed E-state index contributed by atoms with van der Waals surface area (Å²) in [4.78, 5) is 2.56. The highest BCUT2D eigenvalue weighted by molar-refractivity contribution is 4.95. The lowest BCUT2D eigenvalue weighted by Gasteiger charge is -2.53. The first-order valence-electron chi connectivity index (χ1n) is 5.23. The van der Waals surface area contributed by atoms with Crippen molar-refractivity contribution in [3.05, 3.63) is 0 Å². The zero-order valence-corrected chi connectivity index (χ0v) is 9.22. The summed E-state index contributed by atoms with van der Waals surface area (Å²) >= 11 is 0. The Hall–Kier alpha value is -0.0400. The van der Waals surface area contributed by atoms with Gasteiger partial charge in [-0.2, -0.15) is 0 Å². The van der Waals surface area contributed by atoms with Gasteiger partial charge in [-0.15, -0.1) is 0 Å². The zero-order chi connectivity index (χ0) is 9.35. The number of rotatable bonds is 3. The summed E-state index contributed by atoms with van der Waals surface area (Å²) in [7, 11) is 0. The predicted octanol–water partition coefficient (Wildman–Crippen LogP) is 2.76. The smallest absolute Gasteiger partial charge is 0.00531 e. The summed E-state index contributed by atoms with van der Waals surface area (Å²) in [5.74, 6) is 0.882. The molecule has 0 aromatic rings. The van der Waals surface area contributed by atoms with Gasteiger partial charge >= 0.3 is 0 Å². The lowest BCUT2D eigenvalue weighted by molar-refractivity contribution is -0.0464. The summed E-state index contributed by atoms with van der Waals surface area (Å²) in [5.41, 5.74) is 0.610. The van der Waals surface area contributed by atoms with Gasteiger partial charge in [-0.3, -0.25) is 4.90 Å². The maximum Gasteiger partial charge on any atom is 0.00531 e. The van der Waals surface area contributed by atoms with Gasteiger partial charge in [0.25, 0.3) is 0 Å². The van der Waals surface area contributed by atoms with Crippen LogP contribution in [0.2, 0.25) is 0 Å². The van der Waals surface area contributed by atoms with Crippen molar-refractivity contribution in [1.82, 2.24) is 4.90 Å². The molecule has 1 heterocycles. The lowest BCUT2D eigenvalue weighted by atomic mass is 9.70. The Morgan fingerprint density at radius 1 is 1.25 bits per heavy atom. The van der Waals surface area contributed by atoms with Crippen molar-refractivity contribution in [2.45, 2.75) is 47.1 Å². The van der Waals surface area contributed by atoms with Gasteiger partial charge in [-0.25, -0.2) is 0 Å². The minimum absolute atomic E-state index is 0.610. The van der Waals surface area contributed by atoms with Crippen LogP contribution in [0.3, 0.4) is 0 Å². The summed E-state index contributed by atoms with van der Waals surface area (Å²) in [5, 5.41) is 0. The second-order valence-corrected chi connectivity index (χ2v) is 4.96. The molecule has 1 atom stereocenters. The van der Waals surface area contributed by atoms with E-state index in [1.54, 1.807) is 0 Å². The first-order valence-corrected chi connectivity index (χ1v) is 5.23. The standard InChI is InChI=1S/C11H23N/c1-6-10(4)11(5)7-12(8-11)9(2)3/h9-10H,6-8H2,1-5H3. The maximum absolute atomic E-state index is 2.56. The van der Waals surface area contributed by atoms with Crippen LogP contribution in [-0.2, 0) is 0 Å². The molecular weight excluding hydrogens is 146 g/mol. The number of likely N-dealkylation sites (tertiary alicyclic amines) is 1. The first kappa shape index (κ1) is 10.0. The highest BCUT2D eigenvalue weighted by atomic mass is 15.2. The van der Waals surface area contributed by atoms with Crippen LogP contribution in [0.4, 0.5) is 0 Å². The highest BCUT2D eigenvalue weighted by Gasteiger charge is 2.42. The van der Waals surface area contributed by atoms with Gasteiger partial charge in [0.15, 0.2) is 0 Å². The Morgan fingerprint density at radius 3 is 2.08 bits per heavy atom. The molecular formula is C11H23N. The van der Waals surface area contributed by atoms with E-state index in [1.807, 2.05) is 0 Å². The Kier molecular flexibility index (Phi) is 2.82. The van der Waals surface area contributed by atoms with Gasteiger partial charge in [-0.1, -0.05) is 27.2 Å². The van der Waals surface area contributed by atoms with E-state index in [2.05, 4.69) is 39.5 Å². The SMILES string of the molecule is CCC(C)C1(C)CN(C(C)C)C1. The molecule has 12 heavy (non-hydrogen) atoms. The Morgan fingerprint density at radius 2 is 1.75 bits per heavy atom. The van der Waals surface area contributed by atoms with Crippen molar-refractivity contribution >= 4 is 0 Å². The van der Waals surface area contributed by atoms with Crippen LogP contribution in [0.5, 0.6) is 0 Å². The Bertz CT molecular complexity index is 145. The Balaban J connectivity index is 2.39. The number of hydrogen-bond donors (Lipinski definition) is 0. The minimum atomic E-state index is 0.610. The van der Waals surface area contributed by atoms with Crippen LogP contribution in [0.1, 0.15) is 41.0 Å². The van der Waals surface area contributed by atoms with E-state index in [9.17, 15) is 0 Å². The van der Waals surface area contributed by atoms with Crippen LogP contribution >= 0.6 is 0 Å². The number of nitrogens with zero attached hydrogens (tertiary/aromatic N) is 1. The van der Waals surface area contributed by atoms with Crippen molar-refractivity contribution < 1.29 is 0 Å². The fourth-order valence-electron chi connectivity index (χ4n) is 2.05. The lowest BCUT2D eigenvalue weighted by Crippen LogP contribution is -2.59. The largest absolute Gasteiger partial charge is 0.300 e. The molecule has 0 aromatic carbocycles. The molecule has 1 rings (SSSR count). The quantitative estimate of drug-likeness (QED) is 0.628. The van der Waals surface area contributed by atoms with E-state index in [0.29, 0.717) is 5.41 Å². The third-order valence-electron chi connectivity index (χ3n) is 3.66. The van der Waals surface area contributed by atoms with E-state index >= 15 is 0 Å². The fourth-order valence-corrected chi connectivity index (χ4v) is 2.05. The molecule has 72 valence electrons. The van der Waals surface area contributed by atoms with E-state index < -0.39 is 0 Å². The van der Waals surface area contributed by atoms with Gasteiger partial charge in [0.1, 0.15) is 0 Å². The summed E-state index contributed by atoms with van der Waals surface area (Å²) < 4.78 is 0. The second kappa shape index (κ2) is 3.37. The monoisotopic (exact) mass is 169 g/mol. The topological polar surface area (TPSA) is 3.24 Å². The Labute approximate surface area is 77.1 Å². The van der Waals surface area contributed by atoms with Crippen LogP contribution in [-0.4, -0.2) is 24.0 Å². The van der Waals surface area contributed by atoms with Gasteiger partial charge in [0, 0.05) is 19.1 Å². The first-order chi connectivity index (χ1) is 5.49. The van der Waals surface area contributed by atoms with Gasteiger partial charge in [0.05, 0.1) is 0 Å². The average Bonchev–Trinajstić information content (AvgIpc) is 1.96. The average molecular weight is 169 g/mol. The second-order valence-electron chi connectivity index (χ2n) is 4.96. The molecule has 1 aliphatic heterocycles. The van der Waals surface area contributed by atoms with E-state index in [1.165, 1.54) is 19.5 Å². The highest BCUT2D eigenvalue weighted by Crippen LogP contribution is 2.39. The molecule has 0 radical (unpaired) electrons.